The monoisotopic (exact) mass is 447 g/mol. The average molecular weight is 447 g/mol. The minimum Gasteiger partial charge on any atom is -0.350 e. The van der Waals surface area contributed by atoms with E-state index in [0.717, 1.165) is 17.5 Å². The van der Waals surface area contributed by atoms with Crippen molar-refractivity contribution < 1.29 is 14.5 Å². The minimum atomic E-state index is -0.561. The van der Waals surface area contributed by atoms with Crippen LogP contribution in [0, 0.1) is 17.0 Å². The van der Waals surface area contributed by atoms with E-state index < -0.39 is 11.0 Å². The Morgan fingerprint density at radius 3 is 2.70 bits per heavy atom. The van der Waals surface area contributed by atoms with Gasteiger partial charge in [0.25, 0.3) is 11.6 Å². The van der Waals surface area contributed by atoms with E-state index >= 15 is 0 Å². The Morgan fingerprint density at radius 2 is 2.00 bits per heavy atom. The molecule has 9 nitrogen and oxygen atoms in total. The molecule has 1 aromatic heterocycles. The van der Waals surface area contributed by atoms with Crippen LogP contribution < -0.4 is 5.32 Å². The number of likely N-dealkylation sites (tertiary alicyclic amines) is 1. The molecule has 1 aliphatic rings. The maximum Gasteiger partial charge on any atom is 0.272 e. The third-order valence-electron chi connectivity index (χ3n) is 5.94. The van der Waals surface area contributed by atoms with Crippen molar-refractivity contribution in [3.05, 3.63) is 93.6 Å². The molecule has 1 fully saturated rings. The van der Waals surface area contributed by atoms with Crippen molar-refractivity contribution in [1.82, 2.24) is 19.8 Å². The molecule has 1 saturated heterocycles. The summed E-state index contributed by atoms with van der Waals surface area (Å²) in [6, 6.07) is 11.6. The number of benzene rings is 2. The Morgan fingerprint density at radius 1 is 1.21 bits per heavy atom. The molecule has 1 aliphatic heterocycles. The molecule has 33 heavy (non-hydrogen) atoms. The Hall–Kier alpha value is -4.01. The highest BCUT2D eigenvalue weighted by molar-refractivity contribution is 5.98. The van der Waals surface area contributed by atoms with E-state index in [4.69, 9.17) is 0 Å². The smallest absolute Gasteiger partial charge is 0.272 e. The zero-order chi connectivity index (χ0) is 23.4. The van der Waals surface area contributed by atoms with Crippen LogP contribution in [0.25, 0.3) is 0 Å². The fraction of sp³-hybridized carbons (Fsp3) is 0.292. The maximum atomic E-state index is 13.1. The van der Waals surface area contributed by atoms with Gasteiger partial charge in [-0.25, -0.2) is 4.98 Å². The second-order valence-corrected chi connectivity index (χ2v) is 8.14. The van der Waals surface area contributed by atoms with Crippen LogP contribution >= 0.6 is 0 Å². The lowest BCUT2D eigenvalue weighted by atomic mass is 10.1. The Balaban J connectivity index is 1.43. The highest BCUT2D eigenvalue weighted by Gasteiger charge is 2.34. The molecule has 4 rings (SSSR count). The summed E-state index contributed by atoms with van der Waals surface area (Å²) in [5, 5.41) is 14.0. The van der Waals surface area contributed by atoms with Gasteiger partial charge >= 0.3 is 0 Å². The number of nitrogens with one attached hydrogen (secondary N) is 1. The quantitative estimate of drug-likeness (QED) is 0.442. The number of nitrogens with zero attached hydrogens (tertiary/aromatic N) is 4. The van der Waals surface area contributed by atoms with Crippen molar-refractivity contribution in [3.63, 3.8) is 0 Å². The van der Waals surface area contributed by atoms with Crippen molar-refractivity contribution in [2.45, 2.75) is 38.9 Å². The van der Waals surface area contributed by atoms with Crippen LogP contribution in [0.15, 0.2) is 61.2 Å². The van der Waals surface area contributed by atoms with E-state index in [9.17, 15) is 19.7 Å². The molecule has 2 heterocycles. The van der Waals surface area contributed by atoms with Crippen molar-refractivity contribution in [3.8, 4) is 0 Å². The highest BCUT2D eigenvalue weighted by atomic mass is 16.6. The van der Waals surface area contributed by atoms with Crippen LogP contribution in [0.1, 0.15) is 39.9 Å². The summed E-state index contributed by atoms with van der Waals surface area (Å²) < 4.78 is 1.96. The number of carbonyl (C=O) groups is 2. The molecule has 2 amide bonds. The number of rotatable bonds is 7. The number of aryl methyl sites for hydroxylation is 1. The molecule has 9 heteroatoms. The van der Waals surface area contributed by atoms with Gasteiger partial charge in [0.05, 0.1) is 11.3 Å². The maximum absolute atomic E-state index is 13.1. The molecule has 3 aromatic rings. The van der Waals surface area contributed by atoms with Gasteiger partial charge < -0.3 is 14.8 Å². The normalized spacial score (nSPS) is 15.4. The van der Waals surface area contributed by atoms with E-state index in [1.165, 1.54) is 18.2 Å². The Labute approximate surface area is 191 Å². The molecule has 0 radical (unpaired) electrons. The van der Waals surface area contributed by atoms with E-state index in [2.05, 4.69) is 10.3 Å². The lowest BCUT2D eigenvalue weighted by molar-refractivity contribution is -0.385. The second-order valence-electron chi connectivity index (χ2n) is 8.14. The first-order chi connectivity index (χ1) is 15.9. The van der Waals surface area contributed by atoms with Gasteiger partial charge in [0.2, 0.25) is 5.91 Å². The minimum absolute atomic E-state index is 0.0309. The number of amides is 2. The second kappa shape index (κ2) is 9.64. The molecule has 1 unspecified atom stereocenters. The van der Waals surface area contributed by atoms with Crippen molar-refractivity contribution in [2.75, 3.05) is 6.54 Å². The zero-order valence-electron chi connectivity index (χ0n) is 18.3. The molecule has 0 aliphatic carbocycles. The highest BCUT2D eigenvalue weighted by Crippen LogP contribution is 2.24. The van der Waals surface area contributed by atoms with E-state index in [1.54, 1.807) is 24.3 Å². The summed E-state index contributed by atoms with van der Waals surface area (Å²) in [6.45, 7) is 3.09. The molecule has 170 valence electrons. The van der Waals surface area contributed by atoms with Gasteiger partial charge in [-0.15, -0.1) is 0 Å². The van der Waals surface area contributed by atoms with E-state index in [1.807, 2.05) is 35.0 Å². The molecule has 0 saturated carbocycles. The van der Waals surface area contributed by atoms with E-state index in [0.29, 0.717) is 37.2 Å². The van der Waals surface area contributed by atoms with Crippen LogP contribution in [-0.2, 0) is 17.9 Å². The summed E-state index contributed by atoms with van der Waals surface area (Å²) in [7, 11) is 0. The molecule has 1 N–H and O–H groups in total. The first-order valence-corrected chi connectivity index (χ1v) is 10.8. The summed E-state index contributed by atoms with van der Waals surface area (Å²) in [4.78, 5) is 42.3. The lowest BCUT2D eigenvalue weighted by Crippen LogP contribution is -2.45. The first kappa shape index (κ1) is 22.2. The summed E-state index contributed by atoms with van der Waals surface area (Å²) >= 11 is 0. The number of nitro groups is 1. The number of imidazole rings is 1. The van der Waals surface area contributed by atoms with Gasteiger partial charge in [-0.2, -0.15) is 0 Å². The van der Waals surface area contributed by atoms with Gasteiger partial charge in [0, 0.05) is 49.2 Å². The fourth-order valence-corrected chi connectivity index (χ4v) is 4.20. The van der Waals surface area contributed by atoms with Crippen LogP contribution in [-0.4, -0.2) is 43.8 Å². The third kappa shape index (κ3) is 4.92. The zero-order valence-corrected chi connectivity index (χ0v) is 18.3. The van der Waals surface area contributed by atoms with E-state index in [-0.39, 0.29) is 17.5 Å². The topological polar surface area (TPSA) is 110 Å². The van der Waals surface area contributed by atoms with Gasteiger partial charge in [0.1, 0.15) is 6.04 Å². The third-order valence-corrected chi connectivity index (χ3v) is 5.94. The van der Waals surface area contributed by atoms with Crippen LogP contribution in [0.5, 0.6) is 0 Å². The molecule has 1 atom stereocenters. The molecule has 2 aromatic carbocycles. The van der Waals surface area contributed by atoms with Crippen molar-refractivity contribution >= 4 is 17.5 Å². The standard InChI is InChI=1S/C24H25N5O4/c1-17-13-18(8-9-21(17)29(32)33)24(31)28-11-4-7-22(28)23(30)26-14-19-5-2-3-6-20(19)15-27-12-10-25-16-27/h2-3,5-6,8-10,12-13,16,22H,4,7,11,14-15H2,1H3,(H,26,30). The predicted octanol–water partition coefficient (Wildman–Crippen LogP) is 3.07. The van der Waals surface area contributed by atoms with Gasteiger partial charge in [0.15, 0.2) is 0 Å². The average Bonchev–Trinajstić information content (AvgIpc) is 3.50. The van der Waals surface area contributed by atoms with Crippen molar-refractivity contribution in [1.29, 1.82) is 0 Å². The summed E-state index contributed by atoms with van der Waals surface area (Å²) in [6.07, 6.45) is 6.67. The van der Waals surface area contributed by atoms with Gasteiger partial charge in [-0.1, -0.05) is 24.3 Å². The molecular weight excluding hydrogens is 422 g/mol. The number of hydrogen-bond donors (Lipinski definition) is 1. The number of hydrogen-bond acceptors (Lipinski definition) is 5. The summed E-state index contributed by atoms with van der Waals surface area (Å²) in [5.41, 5.74) is 2.82. The first-order valence-electron chi connectivity index (χ1n) is 10.8. The van der Waals surface area contributed by atoms with Crippen molar-refractivity contribution in [2.24, 2.45) is 0 Å². The number of aromatic nitrogens is 2. The van der Waals surface area contributed by atoms with Crippen LogP contribution in [0.4, 0.5) is 5.69 Å². The molecular formula is C24H25N5O4. The Bertz CT molecular complexity index is 1180. The summed E-state index contributed by atoms with van der Waals surface area (Å²) in [5.74, 6) is -0.483. The SMILES string of the molecule is Cc1cc(C(=O)N2CCCC2C(=O)NCc2ccccc2Cn2ccnc2)ccc1[N+](=O)[O-]. The molecule has 0 bridgehead atoms. The lowest BCUT2D eigenvalue weighted by Gasteiger charge is -2.24. The largest absolute Gasteiger partial charge is 0.350 e. The van der Waals surface area contributed by atoms with Crippen LogP contribution in [0.3, 0.4) is 0 Å². The fourth-order valence-electron chi connectivity index (χ4n) is 4.20. The molecule has 0 spiro atoms. The predicted molar refractivity (Wildman–Crippen MR) is 122 cm³/mol. The van der Waals surface area contributed by atoms with Crippen LogP contribution in [0.2, 0.25) is 0 Å². The Kier molecular flexibility index (Phi) is 6.48. The number of nitro benzene ring substituents is 1. The van der Waals surface area contributed by atoms with Gasteiger partial charge in [-0.3, -0.25) is 19.7 Å². The van der Waals surface area contributed by atoms with Gasteiger partial charge in [-0.05, 0) is 43.0 Å². The number of carbonyl (C=O) groups excluding carboxylic acids is 2.